The molecule has 0 spiro atoms. The molecule has 1 heterocycles. The third-order valence-corrected chi connectivity index (χ3v) is 3.30. The minimum atomic E-state index is 0.190. The van der Waals surface area contributed by atoms with Gasteiger partial charge in [0.05, 0.1) is 17.3 Å². The molecule has 0 aliphatic carbocycles. The van der Waals surface area contributed by atoms with Crippen LogP contribution >= 0.6 is 0 Å². The van der Waals surface area contributed by atoms with Crippen LogP contribution in [0.5, 0.6) is 5.75 Å². The van der Waals surface area contributed by atoms with Gasteiger partial charge in [-0.15, -0.1) is 0 Å². The lowest BCUT2D eigenvalue weighted by Crippen LogP contribution is -2.19. The highest BCUT2D eigenvalue weighted by atomic mass is 16.5. The second kappa shape index (κ2) is 6.75. The molecule has 0 fully saturated rings. The molecule has 1 N–H and O–H groups in total. The Balaban J connectivity index is 2.16. The Kier molecular flexibility index (Phi) is 5.01. The van der Waals surface area contributed by atoms with Gasteiger partial charge in [-0.25, -0.2) is 0 Å². The molecule has 1 aromatic heterocycles. The fraction of sp³-hybridized carbons (Fsp3) is 0.562. The molecule has 0 saturated carbocycles. The molecule has 4 nitrogen and oxygen atoms in total. The molecule has 20 heavy (non-hydrogen) atoms. The molecule has 2 aromatic rings. The SMILES string of the molecule is CCCCN(C)Cc1[nH]nc2ccc(OC(C)C)cc12. The Labute approximate surface area is 121 Å². The van der Waals surface area contributed by atoms with Crippen LogP contribution in [0.25, 0.3) is 10.9 Å². The monoisotopic (exact) mass is 275 g/mol. The van der Waals surface area contributed by atoms with Crippen molar-refractivity contribution in [2.75, 3.05) is 13.6 Å². The van der Waals surface area contributed by atoms with Crippen molar-refractivity contribution in [3.63, 3.8) is 0 Å². The second-order valence-corrected chi connectivity index (χ2v) is 5.64. The van der Waals surface area contributed by atoms with E-state index in [9.17, 15) is 0 Å². The maximum atomic E-state index is 5.76. The number of fused-ring (bicyclic) bond motifs is 1. The Hall–Kier alpha value is -1.55. The number of rotatable bonds is 7. The van der Waals surface area contributed by atoms with E-state index in [2.05, 4.69) is 35.1 Å². The van der Waals surface area contributed by atoms with Crippen LogP contribution < -0.4 is 4.74 Å². The smallest absolute Gasteiger partial charge is 0.120 e. The standard InChI is InChI=1S/C16H25N3O/c1-5-6-9-19(4)11-16-14-10-13(20-12(2)3)7-8-15(14)17-18-16/h7-8,10,12H,5-6,9,11H2,1-4H3,(H,17,18). The Bertz CT molecular complexity index is 548. The van der Waals surface area contributed by atoms with Crippen molar-refractivity contribution in [1.82, 2.24) is 15.1 Å². The summed E-state index contributed by atoms with van der Waals surface area (Å²) in [6.07, 6.45) is 2.64. The molecule has 0 radical (unpaired) electrons. The fourth-order valence-electron chi connectivity index (χ4n) is 2.29. The first-order chi connectivity index (χ1) is 9.60. The van der Waals surface area contributed by atoms with Gasteiger partial charge in [0.2, 0.25) is 0 Å². The topological polar surface area (TPSA) is 41.2 Å². The van der Waals surface area contributed by atoms with Gasteiger partial charge in [-0.2, -0.15) is 5.10 Å². The number of hydrogen-bond acceptors (Lipinski definition) is 3. The van der Waals surface area contributed by atoms with Crippen molar-refractivity contribution in [3.05, 3.63) is 23.9 Å². The number of H-pyrrole nitrogens is 1. The van der Waals surface area contributed by atoms with Crippen LogP contribution in [0.3, 0.4) is 0 Å². The van der Waals surface area contributed by atoms with Crippen LogP contribution in [0, 0.1) is 0 Å². The quantitative estimate of drug-likeness (QED) is 0.839. The van der Waals surface area contributed by atoms with Gasteiger partial charge in [0, 0.05) is 11.9 Å². The number of aromatic amines is 1. The molecule has 4 heteroatoms. The first kappa shape index (κ1) is 14.9. The van der Waals surface area contributed by atoms with Gasteiger partial charge in [0.1, 0.15) is 5.75 Å². The van der Waals surface area contributed by atoms with E-state index >= 15 is 0 Å². The molecule has 2 rings (SSSR count). The molecule has 1 aromatic carbocycles. The van der Waals surface area contributed by atoms with E-state index in [4.69, 9.17) is 4.74 Å². The summed E-state index contributed by atoms with van der Waals surface area (Å²) >= 11 is 0. The maximum Gasteiger partial charge on any atom is 0.120 e. The summed E-state index contributed by atoms with van der Waals surface area (Å²) in [4.78, 5) is 2.33. The number of hydrogen-bond donors (Lipinski definition) is 1. The zero-order valence-corrected chi connectivity index (χ0v) is 12.9. The Morgan fingerprint density at radius 1 is 1.35 bits per heavy atom. The van der Waals surface area contributed by atoms with Crippen molar-refractivity contribution in [2.45, 2.75) is 46.3 Å². The predicted molar refractivity (Wildman–Crippen MR) is 83.1 cm³/mol. The van der Waals surface area contributed by atoms with Crippen LogP contribution in [0.1, 0.15) is 39.3 Å². The van der Waals surface area contributed by atoms with Gasteiger partial charge in [0.15, 0.2) is 0 Å². The number of unbranched alkanes of at least 4 members (excludes halogenated alkanes) is 1. The average Bonchev–Trinajstić information content (AvgIpc) is 2.78. The van der Waals surface area contributed by atoms with E-state index < -0.39 is 0 Å². The highest BCUT2D eigenvalue weighted by Gasteiger charge is 2.09. The number of nitrogens with one attached hydrogen (secondary N) is 1. The highest BCUT2D eigenvalue weighted by molar-refractivity contribution is 5.82. The number of nitrogens with zero attached hydrogens (tertiary/aromatic N) is 2. The Morgan fingerprint density at radius 2 is 2.15 bits per heavy atom. The summed E-state index contributed by atoms with van der Waals surface area (Å²) in [6, 6.07) is 6.08. The average molecular weight is 275 g/mol. The molecular formula is C16H25N3O. The van der Waals surface area contributed by atoms with Gasteiger partial charge in [-0.05, 0) is 52.1 Å². The molecule has 0 atom stereocenters. The molecule has 0 saturated heterocycles. The lowest BCUT2D eigenvalue weighted by Gasteiger charge is -2.15. The molecule has 0 aliphatic rings. The lowest BCUT2D eigenvalue weighted by molar-refractivity contribution is 0.242. The first-order valence-electron chi connectivity index (χ1n) is 7.42. The normalized spacial score (nSPS) is 11.7. The van der Waals surface area contributed by atoms with Crippen molar-refractivity contribution in [1.29, 1.82) is 0 Å². The summed E-state index contributed by atoms with van der Waals surface area (Å²) in [7, 11) is 2.15. The van der Waals surface area contributed by atoms with E-state index in [0.29, 0.717) is 0 Å². The predicted octanol–water partition coefficient (Wildman–Crippen LogP) is 3.58. The van der Waals surface area contributed by atoms with E-state index in [1.807, 2.05) is 26.0 Å². The van der Waals surface area contributed by atoms with E-state index in [1.165, 1.54) is 12.8 Å². The largest absolute Gasteiger partial charge is 0.491 e. The van der Waals surface area contributed by atoms with Crippen molar-refractivity contribution < 1.29 is 4.74 Å². The summed E-state index contributed by atoms with van der Waals surface area (Å²) in [6.45, 7) is 8.30. The number of ether oxygens (including phenoxy) is 1. The molecule has 0 aliphatic heterocycles. The minimum absolute atomic E-state index is 0.190. The molecule has 110 valence electrons. The molecular weight excluding hydrogens is 250 g/mol. The van der Waals surface area contributed by atoms with Gasteiger partial charge in [-0.3, -0.25) is 5.10 Å². The van der Waals surface area contributed by atoms with E-state index in [1.54, 1.807) is 0 Å². The van der Waals surface area contributed by atoms with Crippen molar-refractivity contribution in [3.8, 4) is 5.75 Å². The van der Waals surface area contributed by atoms with Crippen LogP contribution in [-0.4, -0.2) is 34.8 Å². The Morgan fingerprint density at radius 3 is 2.85 bits per heavy atom. The fourth-order valence-corrected chi connectivity index (χ4v) is 2.29. The number of benzene rings is 1. The molecule has 0 bridgehead atoms. The number of aromatic nitrogens is 2. The lowest BCUT2D eigenvalue weighted by atomic mass is 10.2. The van der Waals surface area contributed by atoms with Crippen LogP contribution in [0.15, 0.2) is 18.2 Å². The third kappa shape index (κ3) is 3.73. The zero-order valence-electron chi connectivity index (χ0n) is 12.9. The highest BCUT2D eigenvalue weighted by Crippen LogP contribution is 2.23. The second-order valence-electron chi connectivity index (χ2n) is 5.64. The van der Waals surface area contributed by atoms with Crippen molar-refractivity contribution >= 4 is 10.9 Å². The van der Waals surface area contributed by atoms with Crippen LogP contribution in [0.2, 0.25) is 0 Å². The maximum absolute atomic E-state index is 5.76. The summed E-state index contributed by atoms with van der Waals surface area (Å²) in [5.74, 6) is 0.909. The summed E-state index contributed by atoms with van der Waals surface area (Å²) in [5.41, 5.74) is 2.16. The van der Waals surface area contributed by atoms with Gasteiger partial charge in [-0.1, -0.05) is 13.3 Å². The van der Waals surface area contributed by atoms with Crippen LogP contribution in [-0.2, 0) is 6.54 Å². The van der Waals surface area contributed by atoms with E-state index in [0.717, 1.165) is 35.4 Å². The van der Waals surface area contributed by atoms with Gasteiger partial charge < -0.3 is 9.64 Å². The molecule has 0 amide bonds. The van der Waals surface area contributed by atoms with Crippen molar-refractivity contribution in [2.24, 2.45) is 0 Å². The van der Waals surface area contributed by atoms with Gasteiger partial charge in [0.25, 0.3) is 0 Å². The zero-order chi connectivity index (χ0) is 14.5. The van der Waals surface area contributed by atoms with E-state index in [-0.39, 0.29) is 6.10 Å². The van der Waals surface area contributed by atoms with Crippen LogP contribution in [0.4, 0.5) is 0 Å². The minimum Gasteiger partial charge on any atom is -0.491 e. The summed E-state index contributed by atoms with van der Waals surface area (Å²) in [5, 5.41) is 8.68. The molecule has 0 unspecified atom stereocenters. The first-order valence-corrected chi connectivity index (χ1v) is 7.42. The van der Waals surface area contributed by atoms with Gasteiger partial charge >= 0.3 is 0 Å². The third-order valence-electron chi connectivity index (χ3n) is 3.30. The summed E-state index contributed by atoms with van der Waals surface area (Å²) < 4.78 is 5.76.